The predicted octanol–water partition coefficient (Wildman–Crippen LogP) is 3.52. The van der Waals surface area contributed by atoms with Crippen LogP contribution in [-0.4, -0.2) is 30.8 Å². The van der Waals surface area contributed by atoms with Gasteiger partial charge in [0.25, 0.3) is 5.91 Å². The summed E-state index contributed by atoms with van der Waals surface area (Å²) in [5.41, 5.74) is 0.276. The van der Waals surface area contributed by atoms with Crippen LogP contribution < -0.4 is 5.32 Å². The topological polar surface area (TPSA) is 55.4 Å². The van der Waals surface area contributed by atoms with Gasteiger partial charge < -0.3 is 10.1 Å². The van der Waals surface area contributed by atoms with Crippen molar-refractivity contribution in [1.82, 2.24) is 5.32 Å². The lowest BCUT2D eigenvalue weighted by molar-refractivity contribution is -0.124. The fourth-order valence-corrected chi connectivity index (χ4v) is 2.45. The maximum absolute atomic E-state index is 12.0. The van der Waals surface area contributed by atoms with Crippen LogP contribution in [0.25, 0.3) is 0 Å². The number of benzene rings is 1. The highest BCUT2D eigenvalue weighted by molar-refractivity contribution is 7.98. The van der Waals surface area contributed by atoms with E-state index < -0.39 is 5.97 Å². The number of ether oxygens (including phenoxy) is 1. The molecule has 0 saturated carbocycles. The predicted molar refractivity (Wildman–Crippen MR) is 86.0 cm³/mol. The van der Waals surface area contributed by atoms with Crippen LogP contribution in [0, 0.1) is 0 Å². The fourth-order valence-electron chi connectivity index (χ4n) is 1.82. The summed E-state index contributed by atoms with van der Waals surface area (Å²) in [6.07, 6.45) is 3.78. The van der Waals surface area contributed by atoms with Crippen LogP contribution in [-0.2, 0) is 9.53 Å². The molecule has 1 amide bonds. The van der Waals surface area contributed by atoms with Crippen LogP contribution in [0.1, 0.15) is 37.0 Å². The van der Waals surface area contributed by atoms with E-state index in [2.05, 4.69) is 5.32 Å². The first-order valence-corrected chi connectivity index (χ1v) is 8.38. The Kier molecular flexibility index (Phi) is 7.61. The highest BCUT2D eigenvalue weighted by atomic mass is 35.5. The lowest BCUT2D eigenvalue weighted by Crippen LogP contribution is -2.35. The molecule has 1 atom stereocenters. The number of hydrogen-bond donors (Lipinski definition) is 1. The molecule has 0 heterocycles. The molecule has 116 valence electrons. The summed E-state index contributed by atoms with van der Waals surface area (Å²) in [6, 6.07) is 5.20. The first-order valence-electron chi connectivity index (χ1n) is 6.78. The molecule has 1 aromatic carbocycles. The lowest BCUT2D eigenvalue weighted by Gasteiger charge is -2.13. The smallest absolute Gasteiger partial charge is 0.340 e. The third-order valence-corrected chi connectivity index (χ3v) is 3.91. The standard InChI is InChI=1S/C15H20ClNO3S/c1-4-5-10(2)17-14(18)9-20-15(19)12-8-11(21-3)6-7-13(12)16/h6-8,10H,4-5,9H2,1-3H3,(H,17,18)/t10-/m0/s1. The summed E-state index contributed by atoms with van der Waals surface area (Å²) in [5, 5.41) is 3.09. The van der Waals surface area contributed by atoms with E-state index in [1.807, 2.05) is 26.2 Å². The number of hydrogen-bond acceptors (Lipinski definition) is 4. The molecule has 21 heavy (non-hydrogen) atoms. The van der Waals surface area contributed by atoms with Gasteiger partial charge in [-0.15, -0.1) is 11.8 Å². The molecule has 0 fully saturated rings. The van der Waals surface area contributed by atoms with Crippen LogP contribution in [0.4, 0.5) is 0 Å². The number of carbonyl (C=O) groups excluding carboxylic acids is 2. The molecule has 0 aromatic heterocycles. The number of halogens is 1. The van der Waals surface area contributed by atoms with Gasteiger partial charge in [0, 0.05) is 10.9 Å². The maximum Gasteiger partial charge on any atom is 0.340 e. The molecule has 6 heteroatoms. The number of rotatable bonds is 7. The largest absolute Gasteiger partial charge is 0.452 e. The first kappa shape index (κ1) is 17.9. The van der Waals surface area contributed by atoms with Gasteiger partial charge in [0.1, 0.15) is 0 Å². The minimum Gasteiger partial charge on any atom is -0.452 e. The second-order valence-electron chi connectivity index (χ2n) is 4.68. The summed E-state index contributed by atoms with van der Waals surface area (Å²) in [6.45, 7) is 3.66. The molecule has 0 bridgehead atoms. The van der Waals surface area contributed by atoms with Crippen LogP contribution in [0.2, 0.25) is 5.02 Å². The number of esters is 1. The van der Waals surface area contributed by atoms with Gasteiger partial charge in [0.2, 0.25) is 0 Å². The molecule has 0 saturated heterocycles. The third kappa shape index (κ3) is 5.98. The van der Waals surface area contributed by atoms with Gasteiger partial charge in [0.05, 0.1) is 10.6 Å². The zero-order chi connectivity index (χ0) is 15.8. The Morgan fingerprint density at radius 3 is 2.76 bits per heavy atom. The first-order chi connectivity index (χ1) is 9.97. The number of thioether (sulfide) groups is 1. The zero-order valence-corrected chi connectivity index (χ0v) is 14.0. The second-order valence-corrected chi connectivity index (χ2v) is 5.97. The van der Waals surface area contributed by atoms with Crippen molar-refractivity contribution >= 4 is 35.2 Å². The molecule has 0 aliphatic rings. The molecule has 4 nitrogen and oxygen atoms in total. The van der Waals surface area contributed by atoms with Gasteiger partial charge in [-0.3, -0.25) is 4.79 Å². The Bertz CT molecular complexity index is 508. The summed E-state index contributed by atoms with van der Waals surface area (Å²) < 4.78 is 5.00. The van der Waals surface area contributed by atoms with Crippen molar-refractivity contribution < 1.29 is 14.3 Å². The highest BCUT2D eigenvalue weighted by Gasteiger charge is 2.15. The maximum atomic E-state index is 12.0. The Balaban J connectivity index is 2.56. The van der Waals surface area contributed by atoms with Crippen LogP contribution in [0.3, 0.4) is 0 Å². The van der Waals surface area contributed by atoms with Crippen molar-refractivity contribution in [3.05, 3.63) is 28.8 Å². The molecule has 0 unspecified atom stereocenters. The van der Waals surface area contributed by atoms with E-state index in [1.54, 1.807) is 12.1 Å². The molecule has 0 spiro atoms. The summed E-state index contributed by atoms with van der Waals surface area (Å²) in [5.74, 6) is -0.893. The summed E-state index contributed by atoms with van der Waals surface area (Å²) in [4.78, 5) is 24.5. The van der Waals surface area contributed by atoms with E-state index in [9.17, 15) is 9.59 Å². The van der Waals surface area contributed by atoms with E-state index in [4.69, 9.17) is 16.3 Å². The van der Waals surface area contributed by atoms with E-state index in [0.29, 0.717) is 5.02 Å². The Hall–Kier alpha value is -1.20. The molecule has 1 rings (SSSR count). The fraction of sp³-hybridized carbons (Fsp3) is 0.467. The minimum absolute atomic E-state index is 0.0737. The van der Waals surface area contributed by atoms with Crippen molar-refractivity contribution in [2.45, 2.75) is 37.6 Å². The van der Waals surface area contributed by atoms with Gasteiger partial charge in [-0.2, -0.15) is 0 Å². The van der Waals surface area contributed by atoms with Crippen LogP contribution in [0.15, 0.2) is 23.1 Å². The molecule has 0 aliphatic heterocycles. The molecular weight excluding hydrogens is 310 g/mol. The van der Waals surface area contributed by atoms with Crippen molar-refractivity contribution in [3.63, 3.8) is 0 Å². The molecule has 0 radical (unpaired) electrons. The summed E-state index contributed by atoms with van der Waals surface area (Å²) >= 11 is 7.48. The van der Waals surface area contributed by atoms with Crippen LogP contribution in [0.5, 0.6) is 0 Å². The average Bonchev–Trinajstić information content (AvgIpc) is 2.45. The monoisotopic (exact) mass is 329 g/mol. The van der Waals surface area contributed by atoms with Gasteiger partial charge in [-0.25, -0.2) is 4.79 Å². The van der Waals surface area contributed by atoms with Gasteiger partial charge in [0.15, 0.2) is 6.61 Å². The summed E-state index contributed by atoms with van der Waals surface area (Å²) in [7, 11) is 0. The van der Waals surface area contributed by atoms with E-state index >= 15 is 0 Å². The molecule has 1 aromatic rings. The van der Waals surface area contributed by atoms with Gasteiger partial charge in [-0.1, -0.05) is 24.9 Å². The van der Waals surface area contributed by atoms with Crippen molar-refractivity contribution in [2.24, 2.45) is 0 Å². The van der Waals surface area contributed by atoms with Crippen LogP contribution >= 0.6 is 23.4 Å². The zero-order valence-electron chi connectivity index (χ0n) is 12.4. The van der Waals surface area contributed by atoms with Gasteiger partial charge >= 0.3 is 5.97 Å². The van der Waals surface area contributed by atoms with Crippen molar-refractivity contribution in [3.8, 4) is 0 Å². The van der Waals surface area contributed by atoms with E-state index in [0.717, 1.165) is 17.7 Å². The van der Waals surface area contributed by atoms with Crippen molar-refractivity contribution in [2.75, 3.05) is 12.9 Å². The number of carbonyl (C=O) groups is 2. The molecule has 1 N–H and O–H groups in total. The molecule has 0 aliphatic carbocycles. The minimum atomic E-state index is -0.589. The lowest BCUT2D eigenvalue weighted by atomic mass is 10.2. The van der Waals surface area contributed by atoms with Gasteiger partial charge in [-0.05, 0) is 37.8 Å². The Morgan fingerprint density at radius 1 is 1.43 bits per heavy atom. The van der Waals surface area contributed by atoms with E-state index in [1.165, 1.54) is 11.8 Å². The Labute approximate surface area is 134 Å². The van der Waals surface area contributed by atoms with E-state index in [-0.39, 0.29) is 24.1 Å². The number of nitrogens with one attached hydrogen (secondary N) is 1. The average molecular weight is 330 g/mol. The Morgan fingerprint density at radius 2 is 2.14 bits per heavy atom. The second kappa shape index (κ2) is 8.95. The van der Waals surface area contributed by atoms with Crippen molar-refractivity contribution in [1.29, 1.82) is 0 Å². The molecular formula is C15H20ClNO3S. The highest BCUT2D eigenvalue weighted by Crippen LogP contribution is 2.23. The normalized spacial score (nSPS) is 11.8. The quantitative estimate of drug-likeness (QED) is 0.614. The SMILES string of the molecule is CCC[C@H](C)NC(=O)COC(=O)c1cc(SC)ccc1Cl. The number of amides is 1. The third-order valence-electron chi connectivity index (χ3n) is 2.86.